The maximum atomic E-state index is 11.1. The fourth-order valence-electron chi connectivity index (χ4n) is 1.09. The second-order valence-electron chi connectivity index (χ2n) is 2.31. The minimum absolute atomic E-state index is 0.369. The van der Waals surface area contributed by atoms with Gasteiger partial charge < -0.3 is 4.55 Å². The van der Waals surface area contributed by atoms with Crippen molar-refractivity contribution in [2.24, 2.45) is 0 Å². The summed E-state index contributed by atoms with van der Waals surface area (Å²) in [6.07, 6.45) is 2.30. The van der Waals surface area contributed by atoms with E-state index in [1.807, 2.05) is 0 Å². The summed E-state index contributed by atoms with van der Waals surface area (Å²) in [5, 5.41) is 0.534. The van der Waals surface area contributed by atoms with E-state index in [-0.39, 0.29) is 0 Å². The van der Waals surface area contributed by atoms with E-state index in [1.54, 1.807) is 10.8 Å². The van der Waals surface area contributed by atoms with Crippen LogP contribution in [-0.4, -0.2) is 26.1 Å². The molecular formula is C6H6N2O2S. The van der Waals surface area contributed by atoms with E-state index in [4.69, 9.17) is 0 Å². The van der Waals surface area contributed by atoms with Crippen LogP contribution in [0.25, 0.3) is 0 Å². The molecule has 2 heterocycles. The number of nitrogens with zero attached hydrogens (tertiary/aromatic N) is 2. The van der Waals surface area contributed by atoms with Crippen molar-refractivity contribution in [1.82, 2.24) is 9.55 Å². The van der Waals surface area contributed by atoms with Gasteiger partial charge in [0.25, 0.3) is 0 Å². The maximum absolute atomic E-state index is 11.1. The SMILES string of the molecule is O=Cc1cn2c(n1)[S+]([O-])CC2. The summed E-state index contributed by atoms with van der Waals surface area (Å²) in [7, 11) is 0. The first-order valence-corrected chi connectivity index (χ1v) is 4.54. The molecule has 11 heavy (non-hydrogen) atoms. The van der Waals surface area contributed by atoms with Crippen molar-refractivity contribution in [3.05, 3.63) is 11.9 Å². The molecule has 1 aliphatic rings. The van der Waals surface area contributed by atoms with Crippen molar-refractivity contribution in [1.29, 1.82) is 0 Å². The molecular weight excluding hydrogens is 164 g/mol. The first-order chi connectivity index (χ1) is 5.31. The molecule has 0 saturated heterocycles. The average molecular weight is 170 g/mol. The summed E-state index contributed by atoms with van der Waals surface area (Å²) < 4.78 is 12.9. The number of aldehydes is 1. The van der Waals surface area contributed by atoms with E-state index in [1.165, 1.54) is 0 Å². The Morgan fingerprint density at radius 1 is 1.82 bits per heavy atom. The molecule has 0 spiro atoms. The highest BCUT2D eigenvalue weighted by Crippen LogP contribution is 2.17. The highest BCUT2D eigenvalue weighted by Gasteiger charge is 2.26. The van der Waals surface area contributed by atoms with Crippen LogP contribution in [0, 0.1) is 0 Å². The average Bonchev–Trinajstić information content (AvgIpc) is 2.53. The Bertz CT molecular complexity index is 297. The van der Waals surface area contributed by atoms with Crippen molar-refractivity contribution in [3.8, 4) is 0 Å². The number of carbonyl (C=O) groups excluding carboxylic acids is 1. The van der Waals surface area contributed by atoms with Crippen molar-refractivity contribution >= 4 is 17.5 Å². The zero-order valence-corrected chi connectivity index (χ0v) is 6.50. The molecule has 0 fully saturated rings. The molecule has 58 valence electrons. The Morgan fingerprint density at radius 2 is 2.64 bits per heavy atom. The zero-order valence-electron chi connectivity index (χ0n) is 5.69. The third kappa shape index (κ3) is 0.965. The summed E-state index contributed by atoms with van der Waals surface area (Å²) in [6.45, 7) is 0.711. The number of fused-ring (bicyclic) bond motifs is 1. The second kappa shape index (κ2) is 2.35. The van der Waals surface area contributed by atoms with E-state index in [9.17, 15) is 9.35 Å². The van der Waals surface area contributed by atoms with Crippen LogP contribution in [0.5, 0.6) is 0 Å². The Hall–Kier alpha value is -0.810. The van der Waals surface area contributed by atoms with E-state index >= 15 is 0 Å². The van der Waals surface area contributed by atoms with Gasteiger partial charge in [0.05, 0.1) is 6.54 Å². The Balaban J connectivity index is 2.45. The number of hydrogen-bond donors (Lipinski definition) is 0. The fraction of sp³-hybridized carbons (Fsp3) is 0.333. The molecule has 1 atom stereocenters. The quantitative estimate of drug-likeness (QED) is 0.434. The highest BCUT2D eigenvalue weighted by molar-refractivity contribution is 7.91. The smallest absolute Gasteiger partial charge is 0.324 e. The third-order valence-corrected chi connectivity index (χ3v) is 2.89. The van der Waals surface area contributed by atoms with Gasteiger partial charge in [0.2, 0.25) is 0 Å². The molecule has 4 nitrogen and oxygen atoms in total. The van der Waals surface area contributed by atoms with Crippen molar-refractivity contribution in [3.63, 3.8) is 0 Å². The Kier molecular flexibility index (Phi) is 1.47. The van der Waals surface area contributed by atoms with Crippen LogP contribution >= 0.6 is 0 Å². The Labute approximate surface area is 66.4 Å². The van der Waals surface area contributed by atoms with Gasteiger partial charge in [-0.15, -0.1) is 0 Å². The van der Waals surface area contributed by atoms with Gasteiger partial charge in [-0.05, 0) is 0 Å². The molecule has 0 aromatic carbocycles. The summed E-state index contributed by atoms with van der Waals surface area (Å²) in [6, 6.07) is 0. The van der Waals surface area contributed by atoms with E-state index < -0.39 is 11.2 Å². The molecule has 0 aliphatic carbocycles. The predicted molar refractivity (Wildman–Crippen MR) is 38.9 cm³/mol. The highest BCUT2D eigenvalue weighted by atomic mass is 32.2. The summed E-state index contributed by atoms with van der Waals surface area (Å²) in [4.78, 5) is 14.1. The molecule has 1 unspecified atom stereocenters. The molecule has 5 heteroatoms. The monoisotopic (exact) mass is 170 g/mol. The van der Waals surface area contributed by atoms with E-state index in [2.05, 4.69) is 4.98 Å². The van der Waals surface area contributed by atoms with Gasteiger partial charge in [0, 0.05) is 17.4 Å². The van der Waals surface area contributed by atoms with Gasteiger partial charge in [-0.1, -0.05) is 0 Å². The van der Waals surface area contributed by atoms with Crippen LogP contribution in [-0.2, 0) is 17.7 Å². The number of imidazole rings is 1. The molecule has 1 aromatic heterocycles. The van der Waals surface area contributed by atoms with Crippen LogP contribution < -0.4 is 0 Å². The van der Waals surface area contributed by atoms with Crippen molar-refractivity contribution in [2.45, 2.75) is 11.7 Å². The molecule has 0 radical (unpaired) electrons. The molecule has 0 bridgehead atoms. The van der Waals surface area contributed by atoms with Gasteiger partial charge in [0.1, 0.15) is 11.4 Å². The lowest BCUT2D eigenvalue weighted by molar-refractivity contribution is 0.111. The largest absolute Gasteiger partial charge is 0.609 e. The van der Waals surface area contributed by atoms with Gasteiger partial charge in [-0.25, -0.2) is 0 Å². The summed E-state index contributed by atoms with van der Waals surface area (Å²) in [5.74, 6) is 0.626. The minimum atomic E-state index is -0.986. The lowest BCUT2D eigenvalue weighted by Crippen LogP contribution is -2.00. The minimum Gasteiger partial charge on any atom is -0.609 e. The van der Waals surface area contributed by atoms with E-state index in [0.717, 1.165) is 0 Å². The number of hydrogen-bond acceptors (Lipinski definition) is 3. The van der Waals surface area contributed by atoms with Crippen LogP contribution in [0.15, 0.2) is 11.4 Å². The number of aromatic nitrogens is 2. The molecule has 0 saturated carbocycles. The molecule has 1 aliphatic heterocycles. The van der Waals surface area contributed by atoms with Crippen LogP contribution in [0.1, 0.15) is 10.5 Å². The molecule has 0 N–H and O–H groups in total. The standard InChI is InChI=1S/C6H6N2O2S/c9-4-5-3-8-1-2-11(10)6(8)7-5/h3-4H,1-2H2. The lowest BCUT2D eigenvalue weighted by atomic mass is 10.5. The van der Waals surface area contributed by atoms with Gasteiger partial charge in [-0.3, -0.25) is 9.36 Å². The van der Waals surface area contributed by atoms with Crippen LogP contribution in [0.3, 0.4) is 0 Å². The predicted octanol–water partition coefficient (Wildman–Crippen LogP) is -0.183. The first-order valence-electron chi connectivity index (χ1n) is 3.22. The lowest BCUT2D eigenvalue weighted by Gasteiger charge is -1.95. The number of carbonyl (C=O) groups is 1. The van der Waals surface area contributed by atoms with Gasteiger partial charge >= 0.3 is 5.16 Å². The van der Waals surface area contributed by atoms with E-state index in [0.29, 0.717) is 29.4 Å². The second-order valence-corrected chi connectivity index (χ2v) is 3.77. The van der Waals surface area contributed by atoms with Gasteiger partial charge in [-0.2, -0.15) is 4.98 Å². The van der Waals surface area contributed by atoms with Crippen LogP contribution in [0.4, 0.5) is 0 Å². The molecule has 2 rings (SSSR count). The summed E-state index contributed by atoms with van der Waals surface area (Å²) >= 11 is -0.986. The third-order valence-electron chi connectivity index (χ3n) is 1.60. The molecule has 0 amide bonds. The zero-order chi connectivity index (χ0) is 7.84. The fourth-order valence-corrected chi connectivity index (χ4v) is 2.25. The number of aryl methyl sites for hydroxylation is 1. The van der Waals surface area contributed by atoms with Crippen molar-refractivity contribution < 1.29 is 9.35 Å². The van der Waals surface area contributed by atoms with Crippen molar-refractivity contribution in [2.75, 3.05) is 5.75 Å². The van der Waals surface area contributed by atoms with Crippen LogP contribution in [0.2, 0.25) is 0 Å². The maximum Gasteiger partial charge on any atom is 0.324 e. The number of rotatable bonds is 1. The topological polar surface area (TPSA) is 58.0 Å². The molecule has 1 aromatic rings. The summed E-state index contributed by atoms with van der Waals surface area (Å²) in [5.41, 5.74) is 0.369. The van der Waals surface area contributed by atoms with Gasteiger partial charge in [0.15, 0.2) is 6.29 Å². The Morgan fingerprint density at radius 3 is 3.27 bits per heavy atom. The normalized spacial score (nSPS) is 21.7. The first kappa shape index (κ1) is 6.87.